The van der Waals surface area contributed by atoms with Crippen molar-refractivity contribution in [1.29, 1.82) is 0 Å². The fraction of sp³-hybridized carbons (Fsp3) is 0.423. The number of hydrogen-bond donors (Lipinski definition) is 3. The lowest BCUT2D eigenvalue weighted by Crippen LogP contribution is -2.55. The van der Waals surface area contributed by atoms with Crippen molar-refractivity contribution in [2.45, 2.75) is 38.8 Å². The number of likely N-dealkylation sites (N-methyl/N-ethyl adjacent to an activating group) is 1. The molecule has 1 saturated heterocycles. The SMILES string of the molecule is C[C@@H]1CN(c2cc(F)c(C3=CCCN(C(=O)O)C3)cc2NC(=O)c2c[nH]c(=O)cc2C(F)F)C[C@H](C)N1C. The number of amides is 2. The molecule has 1 aromatic heterocycles. The quantitative estimate of drug-likeness (QED) is 0.536. The lowest BCUT2D eigenvalue weighted by atomic mass is 9.98. The molecule has 12 heteroatoms. The maximum absolute atomic E-state index is 15.5. The second-order valence-corrected chi connectivity index (χ2v) is 9.76. The molecule has 38 heavy (non-hydrogen) atoms. The van der Waals surface area contributed by atoms with E-state index >= 15 is 4.39 Å². The Bertz CT molecular complexity index is 1320. The van der Waals surface area contributed by atoms with Crippen LogP contribution in [0.15, 0.2) is 35.3 Å². The lowest BCUT2D eigenvalue weighted by Gasteiger charge is -2.44. The summed E-state index contributed by atoms with van der Waals surface area (Å²) in [5.74, 6) is -1.48. The zero-order valence-corrected chi connectivity index (χ0v) is 21.3. The highest BCUT2D eigenvalue weighted by molar-refractivity contribution is 6.07. The zero-order chi connectivity index (χ0) is 27.7. The predicted molar refractivity (Wildman–Crippen MR) is 137 cm³/mol. The number of aromatic nitrogens is 1. The molecule has 0 radical (unpaired) electrons. The van der Waals surface area contributed by atoms with Crippen LogP contribution < -0.4 is 15.8 Å². The van der Waals surface area contributed by atoms with Gasteiger partial charge in [-0.3, -0.25) is 14.5 Å². The van der Waals surface area contributed by atoms with E-state index in [1.54, 1.807) is 6.08 Å². The summed E-state index contributed by atoms with van der Waals surface area (Å²) < 4.78 is 42.8. The van der Waals surface area contributed by atoms with Crippen LogP contribution in [0.2, 0.25) is 0 Å². The summed E-state index contributed by atoms with van der Waals surface area (Å²) in [5, 5.41) is 12.0. The zero-order valence-electron chi connectivity index (χ0n) is 21.3. The highest BCUT2D eigenvalue weighted by Crippen LogP contribution is 2.36. The van der Waals surface area contributed by atoms with Gasteiger partial charge in [0, 0.05) is 61.7 Å². The van der Waals surface area contributed by atoms with Gasteiger partial charge in [0.1, 0.15) is 5.82 Å². The van der Waals surface area contributed by atoms with Gasteiger partial charge in [-0.2, -0.15) is 0 Å². The number of alkyl halides is 2. The number of pyridine rings is 1. The largest absolute Gasteiger partial charge is 0.465 e. The van der Waals surface area contributed by atoms with E-state index in [0.717, 1.165) is 6.20 Å². The molecule has 0 aliphatic carbocycles. The van der Waals surface area contributed by atoms with E-state index in [1.165, 1.54) is 17.0 Å². The van der Waals surface area contributed by atoms with Crippen LogP contribution in [0.3, 0.4) is 0 Å². The highest BCUT2D eigenvalue weighted by atomic mass is 19.3. The van der Waals surface area contributed by atoms with Crippen LogP contribution in [0.1, 0.15) is 48.2 Å². The third kappa shape index (κ3) is 5.54. The van der Waals surface area contributed by atoms with Crippen LogP contribution in [0.25, 0.3) is 5.57 Å². The lowest BCUT2D eigenvalue weighted by molar-refractivity contribution is 0.101. The number of halogens is 3. The Morgan fingerprint density at radius 1 is 1.16 bits per heavy atom. The number of benzene rings is 1. The molecule has 0 spiro atoms. The molecule has 0 saturated carbocycles. The summed E-state index contributed by atoms with van der Waals surface area (Å²) in [5.41, 5.74) is -0.781. The third-order valence-electron chi connectivity index (χ3n) is 7.24. The summed E-state index contributed by atoms with van der Waals surface area (Å²) in [6.07, 6.45) is -1.11. The molecule has 3 heterocycles. The Balaban J connectivity index is 1.78. The normalized spacial score (nSPS) is 20.4. The van der Waals surface area contributed by atoms with Crippen molar-refractivity contribution < 1.29 is 27.9 Å². The smallest absolute Gasteiger partial charge is 0.407 e. The molecule has 0 unspecified atom stereocenters. The van der Waals surface area contributed by atoms with Crippen LogP contribution in [0.5, 0.6) is 0 Å². The number of aromatic amines is 1. The minimum Gasteiger partial charge on any atom is -0.465 e. The topological polar surface area (TPSA) is 109 Å². The Morgan fingerprint density at radius 3 is 2.47 bits per heavy atom. The molecule has 2 aromatic rings. The van der Waals surface area contributed by atoms with E-state index in [2.05, 4.69) is 15.2 Å². The van der Waals surface area contributed by atoms with Gasteiger partial charge in [-0.25, -0.2) is 18.0 Å². The number of carbonyl (C=O) groups excluding carboxylic acids is 1. The standard InChI is InChI=1S/C26H30F3N5O4/c1-14-11-34(12-15(2)32(14)3)22-9-20(27)17(16-5-4-6-33(13-16)26(37)38)7-21(22)31-25(36)19-10-30-23(35)8-18(19)24(28)29/h5,7-10,14-15,24H,4,6,11-13H2,1-3H3,(H,30,35)(H,31,36)(H,37,38)/t14-,15+. The molecule has 2 aliphatic rings. The fourth-order valence-electron chi connectivity index (χ4n) is 4.93. The number of anilines is 2. The van der Waals surface area contributed by atoms with Crippen molar-refractivity contribution in [1.82, 2.24) is 14.8 Å². The Hall–Kier alpha value is -3.80. The molecule has 1 fully saturated rings. The third-order valence-corrected chi connectivity index (χ3v) is 7.24. The van der Waals surface area contributed by atoms with Gasteiger partial charge in [-0.1, -0.05) is 6.08 Å². The number of carbonyl (C=O) groups is 2. The van der Waals surface area contributed by atoms with E-state index in [4.69, 9.17) is 0 Å². The number of hydrogen-bond acceptors (Lipinski definition) is 5. The predicted octanol–water partition coefficient (Wildman–Crippen LogP) is 4.00. The maximum Gasteiger partial charge on any atom is 0.407 e. The molecular formula is C26H30F3N5O4. The van der Waals surface area contributed by atoms with Crippen LogP contribution in [0, 0.1) is 5.82 Å². The van der Waals surface area contributed by atoms with Crippen LogP contribution in [-0.2, 0) is 0 Å². The van der Waals surface area contributed by atoms with Gasteiger partial charge in [0.05, 0.1) is 16.9 Å². The number of carboxylic acid groups (broad SMARTS) is 1. The summed E-state index contributed by atoms with van der Waals surface area (Å²) in [6, 6.07) is 3.60. The van der Waals surface area contributed by atoms with Crippen molar-refractivity contribution >= 4 is 28.9 Å². The van der Waals surface area contributed by atoms with E-state index in [0.29, 0.717) is 36.8 Å². The summed E-state index contributed by atoms with van der Waals surface area (Å²) in [7, 11) is 1.99. The minimum absolute atomic E-state index is 0.0307. The number of H-pyrrole nitrogens is 1. The molecule has 4 rings (SSSR count). The summed E-state index contributed by atoms with van der Waals surface area (Å²) in [4.78, 5) is 43.8. The molecule has 0 bridgehead atoms. The Morgan fingerprint density at radius 2 is 1.84 bits per heavy atom. The van der Waals surface area contributed by atoms with Crippen LogP contribution >= 0.6 is 0 Å². The van der Waals surface area contributed by atoms with E-state index in [9.17, 15) is 28.3 Å². The molecule has 3 N–H and O–H groups in total. The van der Waals surface area contributed by atoms with Gasteiger partial charge in [-0.05, 0) is 45.0 Å². The molecule has 1 aromatic carbocycles. The van der Waals surface area contributed by atoms with Gasteiger partial charge >= 0.3 is 6.09 Å². The first-order valence-electron chi connectivity index (χ1n) is 12.3. The second-order valence-electron chi connectivity index (χ2n) is 9.76. The van der Waals surface area contributed by atoms with E-state index < -0.39 is 40.9 Å². The molecule has 2 atom stereocenters. The first-order chi connectivity index (χ1) is 18.0. The Labute approximate surface area is 217 Å². The number of nitrogens with zero attached hydrogens (tertiary/aromatic N) is 3. The average molecular weight is 534 g/mol. The van der Waals surface area contributed by atoms with Crippen LogP contribution in [0.4, 0.5) is 29.3 Å². The first-order valence-corrected chi connectivity index (χ1v) is 12.3. The van der Waals surface area contributed by atoms with Gasteiger partial charge in [0.25, 0.3) is 12.3 Å². The number of rotatable bonds is 5. The molecule has 2 aliphatic heterocycles. The highest BCUT2D eigenvalue weighted by Gasteiger charge is 2.30. The number of nitrogens with one attached hydrogen (secondary N) is 2. The fourth-order valence-corrected chi connectivity index (χ4v) is 4.93. The maximum atomic E-state index is 15.5. The van der Waals surface area contributed by atoms with Gasteiger partial charge in [-0.15, -0.1) is 0 Å². The van der Waals surface area contributed by atoms with Gasteiger partial charge in [0.2, 0.25) is 5.56 Å². The number of piperazine rings is 1. The van der Waals surface area contributed by atoms with Crippen molar-refractivity contribution in [3.8, 4) is 0 Å². The van der Waals surface area contributed by atoms with Crippen LogP contribution in [-0.4, -0.2) is 77.2 Å². The minimum atomic E-state index is -3.06. The van der Waals surface area contributed by atoms with E-state index in [-0.39, 0.29) is 36.4 Å². The monoisotopic (exact) mass is 533 g/mol. The molecule has 2 amide bonds. The van der Waals surface area contributed by atoms with Gasteiger partial charge < -0.3 is 25.2 Å². The molecule has 204 valence electrons. The average Bonchev–Trinajstić information content (AvgIpc) is 2.87. The van der Waals surface area contributed by atoms with Crippen molar-refractivity contribution in [2.24, 2.45) is 0 Å². The molecular weight excluding hydrogens is 503 g/mol. The van der Waals surface area contributed by atoms with E-state index in [1.807, 2.05) is 25.8 Å². The van der Waals surface area contributed by atoms with Crippen molar-refractivity contribution in [3.63, 3.8) is 0 Å². The second kappa shape index (κ2) is 10.9. The van der Waals surface area contributed by atoms with Gasteiger partial charge in [0.15, 0.2) is 0 Å². The molecule has 9 nitrogen and oxygen atoms in total. The van der Waals surface area contributed by atoms with Crippen molar-refractivity contribution in [2.75, 3.05) is 43.4 Å². The Kier molecular flexibility index (Phi) is 7.81. The van der Waals surface area contributed by atoms with Crippen molar-refractivity contribution in [3.05, 3.63) is 63.3 Å². The summed E-state index contributed by atoms with van der Waals surface area (Å²) >= 11 is 0. The summed E-state index contributed by atoms with van der Waals surface area (Å²) in [6.45, 7) is 5.35. The first kappa shape index (κ1) is 27.2.